The summed E-state index contributed by atoms with van der Waals surface area (Å²) in [4.78, 5) is 12.5. The van der Waals surface area contributed by atoms with Gasteiger partial charge in [-0.25, -0.2) is 0 Å². The molecule has 0 aliphatic rings. The van der Waals surface area contributed by atoms with E-state index in [4.69, 9.17) is 16.3 Å². The molecule has 4 rings (SSSR count). The van der Waals surface area contributed by atoms with Gasteiger partial charge >= 0.3 is 0 Å². The highest BCUT2D eigenvalue weighted by Gasteiger charge is 2.11. The summed E-state index contributed by atoms with van der Waals surface area (Å²) in [5.74, 6) is 0.844. The minimum Gasteiger partial charge on any atom is -0.504 e. The normalized spacial score (nSPS) is 10.8. The van der Waals surface area contributed by atoms with Gasteiger partial charge in [-0.2, -0.15) is 0 Å². The first-order chi connectivity index (χ1) is 12.6. The molecule has 0 aliphatic carbocycles. The number of aromatic hydroxyl groups is 1. The molecule has 0 amide bonds. The monoisotopic (exact) mass is 363 g/mol. The van der Waals surface area contributed by atoms with Crippen LogP contribution < -0.4 is 10.3 Å². The summed E-state index contributed by atoms with van der Waals surface area (Å²) in [6.45, 7) is 0. The molecule has 4 nitrogen and oxygen atoms in total. The van der Waals surface area contributed by atoms with E-state index in [1.54, 1.807) is 47.0 Å². The number of hydrogen-bond acceptors (Lipinski definition) is 3. The van der Waals surface area contributed by atoms with Crippen molar-refractivity contribution in [2.75, 3.05) is 0 Å². The summed E-state index contributed by atoms with van der Waals surface area (Å²) in [6, 6.07) is 22.6. The topological polar surface area (TPSA) is 51.5 Å². The SMILES string of the molecule is O=c1ccc2ccc(Cl)cc2n1-c1ccc(O)c(Oc2ccccc2)c1. The zero-order chi connectivity index (χ0) is 18.1. The van der Waals surface area contributed by atoms with Crippen LogP contribution in [0.25, 0.3) is 16.6 Å². The number of phenols is 1. The number of para-hydroxylation sites is 1. The molecule has 0 bridgehead atoms. The average molecular weight is 364 g/mol. The molecule has 1 N–H and O–H groups in total. The van der Waals surface area contributed by atoms with Gasteiger partial charge in [0.05, 0.1) is 11.2 Å². The van der Waals surface area contributed by atoms with E-state index in [2.05, 4.69) is 0 Å². The number of halogens is 1. The molecule has 0 fully saturated rings. The number of ether oxygens (including phenoxy) is 1. The maximum atomic E-state index is 12.5. The number of benzene rings is 3. The van der Waals surface area contributed by atoms with Crippen molar-refractivity contribution >= 4 is 22.5 Å². The Morgan fingerprint density at radius 2 is 1.65 bits per heavy atom. The van der Waals surface area contributed by atoms with E-state index >= 15 is 0 Å². The van der Waals surface area contributed by atoms with Crippen LogP contribution in [0, 0.1) is 0 Å². The van der Waals surface area contributed by atoms with Gasteiger partial charge in [-0.05, 0) is 47.9 Å². The molecule has 1 aromatic heterocycles. The van der Waals surface area contributed by atoms with E-state index in [0.29, 0.717) is 22.0 Å². The maximum Gasteiger partial charge on any atom is 0.255 e. The Morgan fingerprint density at radius 1 is 0.885 bits per heavy atom. The quantitative estimate of drug-likeness (QED) is 0.548. The second-order valence-corrected chi connectivity index (χ2v) is 6.21. The highest BCUT2D eigenvalue weighted by atomic mass is 35.5. The molecule has 4 aromatic rings. The third-order valence-corrected chi connectivity index (χ3v) is 4.27. The standard InChI is InChI=1S/C21H14ClNO3/c22-15-8-6-14-7-11-21(25)23(18(14)12-15)16-9-10-19(24)20(13-16)26-17-4-2-1-3-5-17/h1-13,24H. The fourth-order valence-corrected chi connectivity index (χ4v) is 2.98. The zero-order valence-corrected chi connectivity index (χ0v) is 14.4. The van der Waals surface area contributed by atoms with E-state index < -0.39 is 0 Å². The van der Waals surface area contributed by atoms with Crippen LogP contribution in [0.2, 0.25) is 5.02 Å². The number of aromatic nitrogens is 1. The second-order valence-electron chi connectivity index (χ2n) is 5.78. The third-order valence-electron chi connectivity index (χ3n) is 4.03. The number of rotatable bonds is 3. The molecule has 5 heteroatoms. The molecule has 0 aliphatic heterocycles. The van der Waals surface area contributed by atoms with Crippen LogP contribution in [0.5, 0.6) is 17.2 Å². The number of fused-ring (bicyclic) bond motifs is 1. The van der Waals surface area contributed by atoms with E-state index in [1.807, 2.05) is 24.3 Å². The largest absolute Gasteiger partial charge is 0.504 e. The summed E-state index contributed by atoms with van der Waals surface area (Å²) in [5, 5.41) is 11.6. The molecular weight excluding hydrogens is 350 g/mol. The summed E-state index contributed by atoms with van der Waals surface area (Å²) in [6.07, 6.45) is 0. The summed E-state index contributed by atoms with van der Waals surface area (Å²) in [7, 11) is 0. The number of pyridine rings is 1. The van der Waals surface area contributed by atoms with Crippen LogP contribution in [0.1, 0.15) is 0 Å². The van der Waals surface area contributed by atoms with Gasteiger partial charge in [0, 0.05) is 17.2 Å². The van der Waals surface area contributed by atoms with Crippen molar-refractivity contribution < 1.29 is 9.84 Å². The first-order valence-corrected chi connectivity index (χ1v) is 8.37. The Morgan fingerprint density at radius 3 is 2.46 bits per heavy atom. The van der Waals surface area contributed by atoms with Crippen LogP contribution in [0.4, 0.5) is 0 Å². The van der Waals surface area contributed by atoms with Crippen molar-refractivity contribution in [3.8, 4) is 22.9 Å². The lowest BCUT2D eigenvalue weighted by atomic mass is 10.2. The van der Waals surface area contributed by atoms with Crippen molar-refractivity contribution in [3.63, 3.8) is 0 Å². The van der Waals surface area contributed by atoms with E-state index in [0.717, 1.165) is 5.39 Å². The number of hydrogen-bond donors (Lipinski definition) is 1. The third kappa shape index (κ3) is 3.03. The Bertz CT molecular complexity index is 1150. The molecule has 0 unspecified atom stereocenters. The van der Waals surface area contributed by atoms with Crippen LogP contribution in [-0.4, -0.2) is 9.67 Å². The Labute approximate surface area is 154 Å². The van der Waals surface area contributed by atoms with E-state index in [9.17, 15) is 9.90 Å². The molecule has 0 radical (unpaired) electrons. The predicted octanol–water partition coefficient (Wildman–Crippen LogP) is 5.14. The number of nitrogens with zero attached hydrogens (tertiary/aromatic N) is 1. The van der Waals surface area contributed by atoms with Gasteiger partial charge in [0.15, 0.2) is 11.5 Å². The van der Waals surface area contributed by atoms with Gasteiger partial charge < -0.3 is 9.84 Å². The van der Waals surface area contributed by atoms with Gasteiger partial charge in [-0.15, -0.1) is 0 Å². The first kappa shape index (κ1) is 16.2. The summed E-state index contributed by atoms with van der Waals surface area (Å²) in [5.41, 5.74) is 1.06. The van der Waals surface area contributed by atoms with Gasteiger partial charge in [-0.1, -0.05) is 35.9 Å². The maximum absolute atomic E-state index is 12.5. The minimum atomic E-state index is -0.198. The molecule has 3 aromatic carbocycles. The van der Waals surface area contributed by atoms with Crippen molar-refractivity contribution in [3.05, 3.63) is 94.2 Å². The minimum absolute atomic E-state index is 0.0103. The van der Waals surface area contributed by atoms with Crippen LogP contribution in [0.15, 0.2) is 83.7 Å². The molecule has 0 saturated heterocycles. The summed E-state index contributed by atoms with van der Waals surface area (Å²) < 4.78 is 7.30. The van der Waals surface area contributed by atoms with Crippen LogP contribution >= 0.6 is 11.6 Å². The molecule has 1 heterocycles. The molecule has 0 saturated carbocycles. The molecule has 128 valence electrons. The van der Waals surface area contributed by atoms with Crippen molar-refractivity contribution in [1.82, 2.24) is 4.57 Å². The summed E-state index contributed by atoms with van der Waals surface area (Å²) >= 11 is 6.11. The Hall–Kier alpha value is -3.24. The average Bonchev–Trinajstić information content (AvgIpc) is 2.64. The van der Waals surface area contributed by atoms with Crippen molar-refractivity contribution in [2.45, 2.75) is 0 Å². The van der Waals surface area contributed by atoms with Crippen molar-refractivity contribution in [1.29, 1.82) is 0 Å². The van der Waals surface area contributed by atoms with Gasteiger partial charge in [0.1, 0.15) is 5.75 Å². The lowest BCUT2D eigenvalue weighted by molar-refractivity contribution is 0.411. The molecule has 26 heavy (non-hydrogen) atoms. The predicted molar refractivity (Wildman–Crippen MR) is 103 cm³/mol. The lowest BCUT2D eigenvalue weighted by Gasteiger charge is -2.13. The second kappa shape index (κ2) is 6.58. The Balaban J connectivity index is 1.88. The smallest absolute Gasteiger partial charge is 0.255 e. The lowest BCUT2D eigenvalue weighted by Crippen LogP contribution is -2.17. The zero-order valence-electron chi connectivity index (χ0n) is 13.6. The number of phenolic OH excluding ortho intramolecular Hbond substituents is 1. The van der Waals surface area contributed by atoms with Gasteiger partial charge in [-0.3, -0.25) is 9.36 Å². The first-order valence-electron chi connectivity index (χ1n) is 7.99. The highest BCUT2D eigenvalue weighted by Crippen LogP contribution is 2.33. The molecular formula is C21H14ClNO3. The van der Waals surface area contributed by atoms with Crippen LogP contribution in [0.3, 0.4) is 0 Å². The van der Waals surface area contributed by atoms with Crippen LogP contribution in [-0.2, 0) is 0 Å². The fourth-order valence-electron chi connectivity index (χ4n) is 2.81. The van der Waals surface area contributed by atoms with E-state index in [-0.39, 0.29) is 17.1 Å². The Kier molecular flexibility index (Phi) is 4.11. The van der Waals surface area contributed by atoms with Gasteiger partial charge in [0.2, 0.25) is 0 Å². The van der Waals surface area contributed by atoms with Crippen molar-refractivity contribution in [2.24, 2.45) is 0 Å². The molecule has 0 atom stereocenters. The fraction of sp³-hybridized carbons (Fsp3) is 0. The molecule has 0 spiro atoms. The van der Waals surface area contributed by atoms with Gasteiger partial charge in [0.25, 0.3) is 5.56 Å². The van der Waals surface area contributed by atoms with E-state index in [1.165, 1.54) is 12.1 Å². The highest BCUT2D eigenvalue weighted by molar-refractivity contribution is 6.31.